The van der Waals surface area contributed by atoms with Crippen molar-refractivity contribution >= 4 is 17.9 Å². The van der Waals surface area contributed by atoms with Crippen LogP contribution in [0.25, 0.3) is 0 Å². The van der Waals surface area contributed by atoms with Gasteiger partial charge in [-0.25, -0.2) is 0 Å². The molecule has 0 spiro atoms. The molecule has 0 aliphatic rings. The molecule has 0 bridgehead atoms. The van der Waals surface area contributed by atoms with E-state index in [4.69, 9.17) is 9.47 Å². The van der Waals surface area contributed by atoms with Gasteiger partial charge in [-0.15, -0.1) is 0 Å². The van der Waals surface area contributed by atoms with Crippen molar-refractivity contribution in [1.82, 2.24) is 0 Å². The van der Waals surface area contributed by atoms with Crippen LogP contribution in [0, 0.1) is 11.8 Å². The Morgan fingerprint density at radius 2 is 1.52 bits per heavy atom. The highest BCUT2D eigenvalue weighted by Crippen LogP contribution is 2.21. The number of rotatable bonds is 10. The number of ether oxygens (including phenoxy) is 2. The Balaban J connectivity index is 5.13. The number of aliphatic carboxylic acids is 1. The van der Waals surface area contributed by atoms with Gasteiger partial charge in [0.05, 0.1) is 19.1 Å². The molecule has 0 aromatic heterocycles. The summed E-state index contributed by atoms with van der Waals surface area (Å²) in [5, 5.41) is 9.28. The molecule has 1 unspecified atom stereocenters. The van der Waals surface area contributed by atoms with Crippen molar-refractivity contribution in [2.24, 2.45) is 11.8 Å². The van der Waals surface area contributed by atoms with Gasteiger partial charge in [0.25, 0.3) is 0 Å². The van der Waals surface area contributed by atoms with Crippen molar-refractivity contribution in [2.45, 2.75) is 40.0 Å². The van der Waals surface area contributed by atoms with Crippen molar-refractivity contribution in [3.05, 3.63) is 12.2 Å². The van der Waals surface area contributed by atoms with Crippen LogP contribution in [0.5, 0.6) is 0 Å². The average molecular weight is 300 g/mol. The fraction of sp³-hybridized carbons (Fsp3) is 0.667. The summed E-state index contributed by atoms with van der Waals surface area (Å²) in [4.78, 5) is 35.1. The predicted molar refractivity (Wildman–Crippen MR) is 76.5 cm³/mol. The maximum Gasteiger partial charge on any atom is 0.321 e. The van der Waals surface area contributed by atoms with Crippen molar-refractivity contribution in [3.63, 3.8) is 0 Å². The molecule has 0 aromatic rings. The van der Waals surface area contributed by atoms with Gasteiger partial charge in [-0.05, 0) is 26.7 Å². The van der Waals surface area contributed by atoms with E-state index in [1.54, 1.807) is 19.9 Å². The molecule has 0 radical (unpaired) electrons. The fourth-order valence-electron chi connectivity index (χ4n) is 1.80. The van der Waals surface area contributed by atoms with Gasteiger partial charge in [0.1, 0.15) is 0 Å². The van der Waals surface area contributed by atoms with Crippen LogP contribution in [-0.2, 0) is 23.9 Å². The zero-order valence-electron chi connectivity index (χ0n) is 12.8. The van der Waals surface area contributed by atoms with Gasteiger partial charge in [-0.1, -0.05) is 25.5 Å². The van der Waals surface area contributed by atoms with Crippen molar-refractivity contribution in [1.29, 1.82) is 0 Å². The monoisotopic (exact) mass is 300 g/mol. The number of carbonyl (C=O) groups is 3. The molecule has 0 saturated heterocycles. The Bertz CT molecular complexity index is 356. The first-order valence-electron chi connectivity index (χ1n) is 7.20. The van der Waals surface area contributed by atoms with E-state index in [-0.39, 0.29) is 19.6 Å². The number of esters is 2. The lowest BCUT2D eigenvalue weighted by Crippen LogP contribution is -2.38. The molecule has 1 N–H and O–H groups in total. The Kier molecular flexibility index (Phi) is 9.92. The number of carboxylic acids is 1. The number of hydrogen-bond acceptors (Lipinski definition) is 5. The summed E-state index contributed by atoms with van der Waals surface area (Å²) in [7, 11) is 0. The Morgan fingerprint density at radius 1 is 1.00 bits per heavy atom. The Hall–Kier alpha value is -1.85. The van der Waals surface area contributed by atoms with Crippen LogP contribution in [0.15, 0.2) is 12.2 Å². The molecular formula is C15H24O6. The standard InChI is InChI=1S/C15H24O6/c1-4-7-8-9-10-11(13(16)17)12(14(18)20-5-2)15(19)21-6-3/h8-9,11-12H,4-7,10H2,1-3H3,(H,16,17)/b9-8+. The van der Waals surface area contributed by atoms with Gasteiger partial charge in [-0.2, -0.15) is 0 Å². The molecule has 120 valence electrons. The lowest BCUT2D eigenvalue weighted by atomic mass is 9.89. The van der Waals surface area contributed by atoms with E-state index in [0.717, 1.165) is 12.8 Å². The molecule has 0 aromatic carbocycles. The van der Waals surface area contributed by atoms with Crippen LogP contribution in [0.3, 0.4) is 0 Å². The summed E-state index contributed by atoms with van der Waals surface area (Å²) in [5.74, 6) is -5.55. The minimum absolute atomic E-state index is 0.0761. The van der Waals surface area contributed by atoms with E-state index in [1.807, 2.05) is 13.0 Å². The third-order valence-corrected chi connectivity index (χ3v) is 2.81. The van der Waals surface area contributed by atoms with Crippen molar-refractivity contribution in [3.8, 4) is 0 Å². The first kappa shape index (κ1) is 19.1. The summed E-state index contributed by atoms with van der Waals surface area (Å²) in [6.45, 7) is 5.34. The van der Waals surface area contributed by atoms with Gasteiger partial charge < -0.3 is 14.6 Å². The molecule has 0 aliphatic heterocycles. The Morgan fingerprint density at radius 3 is 1.90 bits per heavy atom. The zero-order valence-corrected chi connectivity index (χ0v) is 12.8. The molecule has 1 atom stereocenters. The predicted octanol–water partition coefficient (Wildman–Crippen LogP) is 2.18. The van der Waals surface area contributed by atoms with Gasteiger partial charge >= 0.3 is 17.9 Å². The average Bonchev–Trinajstić information content (AvgIpc) is 2.42. The molecular weight excluding hydrogens is 276 g/mol. The van der Waals surface area contributed by atoms with Crippen LogP contribution in [0.1, 0.15) is 40.0 Å². The normalized spacial score (nSPS) is 12.4. The third-order valence-electron chi connectivity index (χ3n) is 2.81. The largest absolute Gasteiger partial charge is 0.481 e. The molecule has 0 fully saturated rings. The highest BCUT2D eigenvalue weighted by atomic mass is 16.6. The highest BCUT2D eigenvalue weighted by molar-refractivity contribution is 5.99. The van der Waals surface area contributed by atoms with Crippen molar-refractivity contribution < 1.29 is 29.0 Å². The lowest BCUT2D eigenvalue weighted by Gasteiger charge is -2.19. The lowest BCUT2D eigenvalue weighted by molar-refractivity contribution is -0.169. The van der Waals surface area contributed by atoms with E-state index in [2.05, 4.69) is 0 Å². The van der Waals surface area contributed by atoms with Gasteiger partial charge in [0, 0.05) is 0 Å². The number of carbonyl (C=O) groups excluding carboxylic acids is 2. The molecule has 6 heteroatoms. The molecule has 6 nitrogen and oxygen atoms in total. The number of allylic oxidation sites excluding steroid dienone is 2. The quantitative estimate of drug-likeness (QED) is 0.378. The summed E-state index contributed by atoms with van der Waals surface area (Å²) in [6, 6.07) is 0. The van der Waals surface area contributed by atoms with E-state index in [9.17, 15) is 19.5 Å². The number of unbranched alkanes of at least 4 members (excludes halogenated alkanes) is 1. The summed E-state index contributed by atoms with van der Waals surface area (Å²) >= 11 is 0. The minimum atomic E-state index is -1.44. The number of hydrogen-bond donors (Lipinski definition) is 1. The summed E-state index contributed by atoms with van der Waals surface area (Å²) < 4.78 is 9.61. The van der Waals surface area contributed by atoms with Crippen LogP contribution in [0.2, 0.25) is 0 Å². The second kappa shape index (κ2) is 10.9. The topological polar surface area (TPSA) is 89.9 Å². The molecule has 0 aliphatic carbocycles. The van der Waals surface area contributed by atoms with Crippen LogP contribution in [0.4, 0.5) is 0 Å². The van der Waals surface area contributed by atoms with Gasteiger partial charge in [-0.3, -0.25) is 14.4 Å². The molecule has 0 amide bonds. The maximum absolute atomic E-state index is 11.9. The molecule has 0 saturated carbocycles. The third kappa shape index (κ3) is 6.92. The summed E-state index contributed by atoms with van der Waals surface area (Å²) in [5.41, 5.74) is 0. The number of carboxylic acid groups (broad SMARTS) is 1. The highest BCUT2D eigenvalue weighted by Gasteiger charge is 2.41. The van der Waals surface area contributed by atoms with E-state index < -0.39 is 29.7 Å². The first-order chi connectivity index (χ1) is 9.99. The first-order valence-corrected chi connectivity index (χ1v) is 7.20. The van der Waals surface area contributed by atoms with Crippen molar-refractivity contribution in [2.75, 3.05) is 13.2 Å². The zero-order chi connectivity index (χ0) is 16.3. The molecule has 21 heavy (non-hydrogen) atoms. The van der Waals surface area contributed by atoms with Crippen LogP contribution in [-0.4, -0.2) is 36.2 Å². The van der Waals surface area contributed by atoms with Crippen LogP contribution < -0.4 is 0 Å². The van der Waals surface area contributed by atoms with Crippen LogP contribution >= 0.6 is 0 Å². The fourth-order valence-corrected chi connectivity index (χ4v) is 1.80. The second-order valence-corrected chi connectivity index (χ2v) is 4.42. The minimum Gasteiger partial charge on any atom is -0.481 e. The van der Waals surface area contributed by atoms with E-state index in [1.165, 1.54) is 0 Å². The summed E-state index contributed by atoms with van der Waals surface area (Å²) in [6.07, 6.45) is 5.35. The Labute approximate surface area is 125 Å². The molecule has 0 rings (SSSR count). The smallest absolute Gasteiger partial charge is 0.321 e. The maximum atomic E-state index is 11.9. The second-order valence-electron chi connectivity index (χ2n) is 4.42. The molecule has 0 heterocycles. The van der Waals surface area contributed by atoms with Gasteiger partial charge in [0.2, 0.25) is 0 Å². The van der Waals surface area contributed by atoms with E-state index >= 15 is 0 Å². The SMILES string of the molecule is CCC/C=C/CC(C(=O)O)C(C(=O)OCC)C(=O)OCC. The van der Waals surface area contributed by atoms with E-state index in [0.29, 0.717) is 0 Å². The van der Waals surface area contributed by atoms with Gasteiger partial charge in [0.15, 0.2) is 5.92 Å².